The summed E-state index contributed by atoms with van der Waals surface area (Å²) >= 11 is 20.0. The van der Waals surface area contributed by atoms with E-state index in [1.807, 2.05) is 0 Å². The molecule has 0 spiro atoms. The van der Waals surface area contributed by atoms with E-state index in [1.165, 1.54) is 23.9 Å². The van der Waals surface area contributed by atoms with Gasteiger partial charge in [0.2, 0.25) is 0 Å². The minimum atomic E-state index is -0.295. The molecule has 10 heteroatoms. The molecule has 0 saturated carbocycles. The molecular formula is C23H16Cl3FN4OS. The molecule has 0 fully saturated rings. The van der Waals surface area contributed by atoms with Crippen LogP contribution < -0.4 is 5.32 Å². The zero-order valence-corrected chi connectivity index (χ0v) is 20.0. The number of carbonyl (C=O) groups is 1. The van der Waals surface area contributed by atoms with Gasteiger partial charge in [0.25, 0.3) is 5.91 Å². The van der Waals surface area contributed by atoms with Crippen molar-refractivity contribution in [2.75, 3.05) is 0 Å². The fraction of sp³-hybridized carbons (Fsp3) is 0.0870. The van der Waals surface area contributed by atoms with Gasteiger partial charge in [-0.3, -0.25) is 9.36 Å². The van der Waals surface area contributed by atoms with E-state index in [0.717, 1.165) is 5.56 Å². The Hall–Kier alpha value is -2.58. The third-order valence-electron chi connectivity index (χ3n) is 4.64. The van der Waals surface area contributed by atoms with E-state index in [9.17, 15) is 9.18 Å². The van der Waals surface area contributed by atoms with Gasteiger partial charge in [-0.05, 0) is 60.2 Å². The first kappa shape index (κ1) is 23.6. The van der Waals surface area contributed by atoms with Crippen LogP contribution in [0.5, 0.6) is 0 Å². The Kier molecular flexibility index (Phi) is 7.55. The first-order chi connectivity index (χ1) is 15.9. The lowest BCUT2D eigenvalue weighted by molar-refractivity contribution is 0.0949. The van der Waals surface area contributed by atoms with Gasteiger partial charge in [-0.1, -0.05) is 58.7 Å². The maximum Gasteiger partial charge on any atom is 0.251 e. The summed E-state index contributed by atoms with van der Waals surface area (Å²) < 4.78 is 15.0. The molecule has 168 valence electrons. The summed E-state index contributed by atoms with van der Waals surface area (Å²) in [5.41, 5.74) is 1.98. The van der Waals surface area contributed by atoms with Gasteiger partial charge in [0.15, 0.2) is 11.0 Å². The molecule has 33 heavy (non-hydrogen) atoms. The standard InChI is InChI=1S/C23H16Cl3FN4OS/c24-16-5-3-15(4-6-16)22(32)28-12-21-29-30-23(33-13-14-1-8-18(27)9-2-14)31(21)20-11-17(25)7-10-19(20)26/h1-11H,12-13H2,(H,28,32). The van der Waals surface area contributed by atoms with Gasteiger partial charge in [-0.2, -0.15) is 0 Å². The van der Waals surface area contributed by atoms with E-state index < -0.39 is 0 Å². The number of nitrogens with zero attached hydrogens (tertiary/aromatic N) is 3. The number of thioether (sulfide) groups is 1. The van der Waals surface area contributed by atoms with Crippen LogP contribution in [-0.2, 0) is 12.3 Å². The lowest BCUT2D eigenvalue weighted by Crippen LogP contribution is -2.24. The second-order valence-corrected chi connectivity index (χ2v) is 9.16. The van der Waals surface area contributed by atoms with Crippen LogP contribution in [0, 0.1) is 5.82 Å². The third-order valence-corrected chi connectivity index (χ3v) is 6.45. The molecule has 4 aromatic rings. The van der Waals surface area contributed by atoms with Crippen molar-refractivity contribution in [3.8, 4) is 5.69 Å². The highest BCUT2D eigenvalue weighted by Crippen LogP contribution is 2.31. The van der Waals surface area contributed by atoms with Crippen LogP contribution in [0.15, 0.2) is 71.9 Å². The highest BCUT2D eigenvalue weighted by Gasteiger charge is 2.18. The Balaban J connectivity index is 1.60. The lowest BCUT2D eigenvalue weighted by Gasteiger charge is -2.13. The quantitative estimate of drug-likeness (QED) is 0.279. The molecule has 0 aliphatic carbocycles. The number of amides is 1. The van der Waals surface area contributed by atoms with Gasteiger partial charge in [0.1, 0.15) is 5.82 Å². The molecule has 0 radical (unpaired) electrons. The lowest BCUT2D eigenvalue weighted by atomic mass is 10.2. The molecule has 1 heterocycles. The fourth-order valence-electron chi connectivity index (χ4n) is 3.00. The predicted octanol–water partition coefficient (Wildman–Crippen LogP) is 6.59. The highest BCUT2D eigenvalue weighted by molar-refractivity contribution is 7.98. The molecule has 3 aromatic carbocycles. The first-order valence-corrected chi connectivity index (χ1v) is 11.8. The van der Waals surface area contributed by atoms with Crippen molar-refractivity contribution in [3.05, 3.63) is 105 Å². The molecule has 0 aliphatic rings. The number of halogens is 4. The molecule has 0 aliphatic heterocycles. The monoisotopic (exact) mass is 520 g/mol. The van der Waals surface area contributed by atoms with Crippen LogP contribution in [0.4, 0.5) is 4.39 Å². The first-order valence-electron chi connectivity index (χ1n) is 9.71. The summed E-state index contributed by atoms with van der Waals surface area (Å²) in [4.78, 5) is 12.5. The maximum atomic E-state index is 13.2. The minimum absolute atomic E-state index is 0.106. The topological polar surface area (TPSA) is 59.8 Å². The minimum Gasteiger partial charge on any atom is -0.345 e. The average Bonchev–Trinajstić information content (AvgIpc) is 3.21. The number of hydrogen-bond acceptors (Lipinski definition) is 4. The number of aromatic nitrogens is 3. The van der Waals surface area contributed by atoms with Gasteiger partial charge in [-0.15, -0.1) is 10.2 Å². The Morgan fingerprint density at radius 2 is 1.64 bits per heavy atom. The van der Waals surface area contributed by atoms with Crippen LogP contribution in [0.25, 0.3) is 5.69 Å². The van der Waals surface area contributed by atoms with Crippen LogP contribution in [0.3, 0.4) is 0 Å². The van der Waals surface area contributed by atoms with Gasteiger partial charge in [-0.25, -0.2) is 4.39 Å². The molecule has 0 saturated heterocycles. The smallest absolute Gasteiger partial charge is 0.251 e. The second-order valence-electron chi connectivity index (χ2n) is 6.93. The van der Waals surface area contributed by atoms with Crippen molar-refractivity contribution in [1.29, 1.82) is 0 Å². The van der Waals surface area contributed by atoms with Crippen LogP contribution in [0.2, 0.25) is 15.1 Å². The Morgan fingerprint density at radius 1 is 0.939 bits per heavy atom. The predicted molar refractivity (Wildman–Crippen MR) is 130 cm³/mol. The summed E-state index contributed by atoms with van der Waals surface area (Å²) in [6, 6.07) is 17.9. The normalized spacial score (nSPS) is 10.9. The summed E-state index contributed by atoms with van der Waals surface area (Å²) in [6.07, 6.45) is 0. The summed E-state index contributed by atoms with van der Waals surface area (Å²) in [5, 5.41) is 13.4. The summed E-state index contributed by atoms with van der Waals surface area (Å²) in [6.45, 7) is 0.106. The van der Waals surface area contributed by atoms with E-state index >= 15 is 0 Å². The Labute approximate surface area is 208 Å². The van der Waals surface area contributed by atoms with Gasteiger partial charge >= 0.3 is 0 Å². The number of nitrogens with one attached hydrogen (secondary N) is 1. The van der Waals surface area contributed by atoms with Gasteiger partial charge in [0.05, 0.1) is 17.3 Å². The van der Waals surface area contributed by atoms with Crippen LogP contribution in [-0.4, -0.2) is 20.7 Å². The van der Waals surface area contributed by atoms with Gasteiger partial charge in [0, 0.05) is 21.4 Å². The van der Waals surface area contributed by atoms with E-state index in [4.69, 9.17) is 34.8 Å². The molecule has 1 aromatic heterocycles. The van der Waals surface area contributed by atoms with Gasteiger partial charge < -0.3 is 5.32 Å². The van der Waals surface area contributed by atoms with Crippen molar-refractivity contribution < 1.29 is 9.18 Å². The van der Waals surface area contributed by atoms with Crippen molar-refractivity contribution in [2.24, 2.45) is 0 Å². The molecule has 0 unspecified atom stereocenters. The maximum absolute atomic E-state index is 13.2. The molecule has 1 N–H and O–H groups in total. The number of carbonyl (C=O) groups excluding carboxylic acids is 1. The van der Waals surface area contributed by atoms with Crippen molar-refractivity contribution in [3.63, 3.8) is 0 Å². The molecule has 0 bridgehead atoms. The number of rotatable bonds is 7. The van der Waals surface area contributed by atoms with Crippen LogP contribution >= 0.6 is 46.6 Å². The SMILES string of the molecule is O=C(NCc1nnc(SCc2ccc(F)cc2)n1-c1cc(Cl)ccc1Cl)c1ccc(Cl)cc1. The molecule has 1 amide bonds. The second kappa shape index (κ2) is 10.6. The third kappa shape index (κ3) is 5.86. The van der Waals surface area contributed by atoms with E-state index in [0.29, 0.717) is 43.1 Å². The zero-order valence-electron chi connectivity index (χ0n) is 16.9. The molecular weight excluding hydrogens is 506 g/mol. The highest BCUT2D eigenvalue weighted by atomic mass is 35.5. The van der Waals surface area contributed by atoms with E-state index in [-0.39, 0.29) is 18.3 Å². The van der Waals surface area contributed by atoms with E-state index in [2.05, 4.69) is 15.5 Å². The summed E-state index contributed by atoms with van der Waals surface area (Å²) in [5.74, 6) is 0.437. The molecule has 4 rings (SSSR count). The Morgan fingerprint density at radius 3 is 2.36 bits per heavy atom. The van der Waals surface area contributed by atoms with Crippen molar-refractivity contribution in [2.45, 2.75) is 17.5 Å². The number of hydrogen-bond donors (Lipinski definition) is 1. The number of benzene rings is 3. The molecule has 5 nitrogen and oxygen atoms in total. The fourth-order valence-corrected chi connectivity index (χ4v) is 4.41. The van der Waals surface area contributed by atoms with Crippen molar-refractivity contribution in [1.82, 2.24) is 20.1 Å². The van der Waals surface area contributed by atoms with E-state index in [1.54, 1.807) is 59.2 Å². The summed E-state index contributed by atoms with van der Waals surface area (Å²) in [7, 11) is 0. The average molecular weight is 522 g/mol. The van der Waals surface area contributed by atoms with Crippen LogP contribution in [0.1, 0.15) is 21.7 Å². The van der Waals surface area contributed by atoms with Crippen molar-refractivity contribution >= 4 is 52.5 Å². The molecule has 0 atom stereocenters. The largest absolute Gasteiger partial charge is 0.345 e. The zero-order chi connectivity index (χ0) is 23.4. The Bertz CT molecular complexity index is 1280.